The lowest BCUT2D eigenvalue weighted by Crippen LogP contribution is -1.95. The fourth-order valence-electron chi connectivity index (χ4n) is 1.48. The van der Waals surface area contributed by atoms with Crippen molar-refractivity contribution in [3.05, 3.63) is 23.8 Å². The lowest BCUT2D eigenvalue weighted by Gasteiger charge is -2.11. The average molecular weight is 150 g/mol. The first kappa shape index (κ1) is 8.58. The van der Waals surface area contributed by atoms with Crippen molar-refractivity contribution in [3.63, 3.8) is 0 Å². The second-order valence-electron chi connectivity index (χ2n) is 3.53. The molecule has 0 aromatic carbocycles. The molecule has 0 aromatic heterocycles. The van der Waals surface area contributed by atoms with E-state index in [0.717, 1.165) is 12.3 Å². The summed E-state index contributed by atoms with van der Waals surface area (Å²) in [4.78, 5) is 0. The first-order valence-corrected chi connectivity index (χ1v) is 4.64. The van der Waals surface area contributed by atoms with Crippen LogP contribution < -0.4 is 0 Å². The van der Waals surface area contributed by atoms with Gasteiger partial charge in [0, 0.05) is 0 Å². The molecule has 0 saturated heterocycles. The van der Waals surface area contributed by atoms with Crippen LogP contribution in [-0.2, 0) is 0 Å². The Morgan fingerprint density at radius 2 is 2.09 bits per heavy atom. The molecule has 0 heterocycles. The zero-order valence-electron chi connectivity index (χ0n) is 7.64. The van der Waals surface area contributed by atoms with Gasteiger partial charge in [-0.3, -0.25) is 0 Å². The maximum absolute atomic E-state index is 2.39. The molecule has 0 radical (unpaired) electrons. The van der Waals surface area contributed by atoms with Crippen molar-refractivity contribution in [1.82, 2.24) is 0 Å². The highest BCUT2D eigenvalue weighted by Gasteiger charge is 2.02. The van der Waals surface area contributed by atoms with Crippen LogP contribution >= 0.6 is 0 Å². The molecule has 0 spiro atoms. The topological polar surface area (TPSA) is 0 Å². The van der Waals surface area contributed by atoms with Gasteiger partial charge in [0.05, 0.1) is 0 Å². The van der Waals surface area contributed by atoms with Gasteiger partial charge in [-0.1, -0.05) is 37.6 Å². The maximum atomic E-state index is 2.39. The summed E-state index contributed by atoms with van der Waals surface area (Å²) in [5, 5.41) is 0. The van der Waals surface area contributed by atoms with Crippen LogP contribution in [0.5, 0.6) is 0 Å². The van der Waals surface area contributed by atoms with Crippen molar-refractivity contribution in [1.29, 1.82) is 0 Å². The molecule has 0 aromatic rings. The number of hydrogen-bond acceptors (Lipinski definition) is 0. The van der Waals surface area contributed by atoms with Crippen LogP contribution in [0.2, 0.25) is 0 Å². The van der Waals surface area contributed by atoms with Crippen molar-refractivity contribution in [2.45, 2.75) is 39.5 Å². The number of hydrogen-bond donors (Lipinski definition) is 0. The highest BCUT2D eigenvalue weighted by molar-refractivity contribution is 5.09. The zero-order chi connectivity index (χ0) is 8.10. The zero-order valence-corrected chi connectivity index (χ0v) is 7.64. The Balaban J connectivity index is 2.53. The predicted octanol–water partition coefficient (Wildman–Crippen LogP) is 3.70. The third-order valence-corrected chi connectivity index (χ3v) is 2.26. The molecule has 0 fully saturated rings. The molecule has 0 unspecified atom stereocenters. The molecule has 0 N–H and O–H groups in total. The minimum absolute atomic E-state index is 0.751. The van der Waals surface area contributed by atoms with E-state index >= 15 is 0 Å². The van der Waals surface area contributed by atoms with E-state index in [-0.39, 0.29) is 0 Å². The van der Waals surface area contributed by atoms with Crippen LogP contribution in [-0.4, -0.2) is 0 Å². The summed E-state index contributed by atoms with van der Waals surface area (Å²) >= 11 is 0. The number of allylic oxidation sites excluding steroid dienone is 4. The molecule has 0 atom stereocenters. The highest BCUT2D eigenvalue weighted by Crippen LogP contribution is 2.19. The van der Waals surface area contributed by atoms with Gasteiger partial charge >= 0.3 is 0 Å². The molecule has 0 nitrogen and oxygen atoms in total. The van der Waals surface area contributed by atoms with Crippen LogP contribution in [0.3, 0.4) is 0 Å². The van der Waals surface area contributed by atoms with E-state index in [1.54, 1.807) is 5.57 Å². The number of rotatable bonds is 1. The lowest BCUT2D eigenvalue weighted by molar-refractivity contribution is 0.678. The summed E-state index contributed by atoms with van der Waals surface area (Å²) in [6.07, 6.45) is 12.0. The Morgan fingerprint density at radius 1 is 1.27 bits per heavy atom. The van der Waals surface area contributed by atoms with Crippen LogP contribution in [0.1, 0.15) is 39.5 Å². The SMILES string of the molecule is CC(C)/C1=C/C/C=C\CCC1. The fraction of sp³-hybridized carbons (Fsp3) is 0.636. The Morgan fingerprint density at radius 3 is 2.82 bits per heavy atom. The van der Waals surface area contributed by atoms with Crippen LogP contribution in [0.4, 0.5) is 0 Å². The minimum atomic E-state index is 0.751. The third kappa shape index (κ3) is 2.92. The third-order valence-electron chi connectivity index (χ3n) is 2.26. The van der Waals surface area contributed by atoms with E-state index in [1.165, 1.54) is 19.3 Å². The Hall–Kier alpha value is -0.520. The molecule has 0 heteroatoms. The molecule has 0 bridgehead atoms. The summed E-state index contributed by atoms with van der Waals surface area (Å²) in [5.74, 6) is 0.751. The van der Waals surface area contributed by atoms with Gasteiger partial charge in [0.25, 0.3) is 0 Å². The summed E-state index contributed by atoms with van der Waals surface area (Å²) in [6.45, 7) is 4.58. The summed E-state index contributed by atoms with van der Waals surface area (Å²) in [6, 6.07) is 0. The van der Waals surface area contributed by atoms with Gasteiger partial charge in [0.1, 0.15) is 0 Å². The summed E-state index contributed by atoms with van der Waals surface area (Å²) in [5.41, 5.74) is 1.65. The van der Waals surface area contributed by atoms with E-state index < -0.39 is 0 Å². The quantitative estimate of drug-likeness (QED) is 0.500. The molecular formula is C11H18. The van der Waals surface area contributed by atoms with Crippen molar-refractivity contribution >= 4 is 0 Å². The second-order valence-corrected chi connectivity index (χ2v) is 3.53. The van der Waals surface area contributed by atoms with Crippen molar-refractivity contribution in [3.8, 4) is 0 Å². The van der Waals surface area contributed by atoms with Gasteiger partial charge < -0.3 is 0 Å². The molecule has 1 aliphatic carbocycles. The predicted molar refractivity (Wildman–Crippen MR) is 50.5 cm³/mol. The highest BCUT2D eigenvalue weighted by atomic mass is 14.1. The molecule has 11 heavy (non-hydrogen) atoms. The van der Waals surface area contributed by atoms with E-state index in [9.17, 15) is 0 Å². The van der Waals surface area contributed by atoms with Crippen molar-refractivity contribution in [2.24, 2.45) is 5.92 Å². The molecule has 0 amide bonds. The molecule has 1 rings (SSSR count). The Labute approximate surface area is 70.0 Å². The van der Waals surface area contributed by atoms with E-state index in [0.29, 0.717) is 0 Å². The van der Waals surface area contributed by atoms with Gasteiger partial charge in [0.2, 0.25) is 0 Å². The van der Waals surface area contributed by atoms with Gasteiger partial charge in [-0.2, -0.15) is 0 Å². The Kier molecular flexibility index (Phi) is 3.41. The van der Waals surface area contributed by atoms with Crippen LogP contribution in [0.15, 0.2) is 23.8 Å². The van der Waals surface area contributed by atoms with Crippen LogP contribution in [0.25, 0.3) is 0 Å². The van der Waals surface area contributed by atoms with Gasteiger partial charge in [-0.25, -0.2) is 0 Å². The summed E-state index contributed by atoms with van der Waals surface area (Å²) in [7, 11) is 0. The molecule has 62 valence electrons. The molecular weight excluding hydrogens is 132 g/mol. The van der Waals surface area contributed by atoms with E-state index in [4.69, 9.17) is 0 Å². The van der Waals surface area contributed by atoms with Gasteiger partial charge in [-0.15, -0.1) is 0 Å². The van der Waals surface area contributed by atoms with Crippen molar-refractivity contribution in [2.75, 3.05) is 0 Å². The summed E-state index contributed by atoms with van der Waals surface area (Å²) < 4.78 is 0. The lowest BCUT2D eigenvalue weighted by atomic mass is 9.95. The second kappa shape index (κ2) is 4.38. The first-order valence-electron chi connectivity index (χ1n) is 4.64. The van der Waals surface area contributed by atoms with E-state index in [2.05, 4.69) is 32.1 Å². The average Bonchev–Trinajstić information content (AvgIpc) is 1.84. The standard InChI is InChI=1S/C11H18/c1-10(2)11-8-6-4-3-5-7-9-11/h3-4,8,10H,5-7,9H2,1-2H3/b4-3-,11-8+. The van der Waals surface area contributed by atoms with Crippen molar-refractivity contribution < 1.29 is 0 Å². The van der Waals surface area contributed by atoms with E-state index in [1.807, 2.05) is 0 Å². The normalized spacial score (nSPS) is 27.0. The fourth-order valence-corrected chi connectivity index (χ4v) is 1.48. The first-order chi connectivity index (χ1) is 5.30. The Bertz CT molecular complexity index is 161. The monoisotopic (exact) mass is 150 g/mol. The molecule has 0 saturated carbocycles. The van der Waals surface area contributed by atoms with Gasteiger partial charge in [0.15, 0.2) is 0 Å². The maximum Gasteiger partial charge on any atom is -0.0166 e. The molecule has 1 aliphatic rings. The van der Waals surface area contributed by atoms with Gasteiger partial charge in [-0.05, 0) is 31.6 Å². The van der Waals surface area contributed by atoms with Crippen LogP contribution in [0, 0.1) is 5.92 Å². The minimum Gasteiger partial charge on any atom is -0.0882 e. The smallest absolute Gasteiger partial charge is 0.0166 e. The largest absolute Gasteiger partial charge is 0.0882 e. The molecule has 0 aliphatic heterocycles.